The molecule has 0 fully saturated rings. The zero-order valence-corrected chi connectivity index (χ0v) is 15.8. The van der Waals surface area contributed by atoms with Gasteiger partial charge in [0.2, 0.25) is 0 Å². The Balaban J connectivity index is 1.67. The number of amides is 1. The van der Waals surface area contributed by atoms with E-state index in [9.17, 15) is 9.59 Å². The molecule has 1 amide bonds. The first-order chi connectivity index (χ1) is 12.6. The maximum absolute atomic E-state index is 12.1. The minimum Gasteiger partial charge on any atom is -0.497 e. The lowest BCUT2D eigenvalue weighted by atomic mass is 10.2. The minimum absolute atomic E-state index is 0.260. The lowest BCUT2D eigenvalue weighted by molar-refractivity contribution is -0.154. The van der Waals surface area contributed by atoms with E-state index in [0.717, 1.165) is 16.2 Å². The Morgan fingerprint density at radius 1 is 1.08 bits per heavy atom. The Hall–Kier alpha value is -2.47. The molecule has 0 unspecified atom stereocenters. The number of hydrogen-bond donors (Lipinski definition) is 1. The number of methoxy groups -OCH3 is 1. The molecule has 2 aromatic rings. The second kappa shape index (κ2) is 10.5. The zero-order chi connectivity index (χ0) is 18.8. The Morgan fingerprint density at radius 3 is 2.42 bits per heavy atom. The van der Waals surface area contributed by atoms with Gasteiger partial charge in [-0.2, -0.15) is 0 Å². The number of ether oxygens (including phenoxy) is 2. The number of nitrogens with one attached hydrogen (secondary N) is 1. The van der Waals surface area contributed by atoms with E-state index in [0.29, 0.717) is 12.3 Å². The molecule has 0 radical (unpaired) electrons. The standard InChI is InChI=1S/C20H23NO4S/c1-15(20(23)21-14-16-8-10-17(24-2)11-9-16)25-19(22)12-13-26-18-6-4-3-5-7-18/h3-11,15H,12-14H2,1-2H3,(H,21,23)/t15-/m1/s1. The number of esters is 1. The van der Waals surface area contributed by atoms with E-state index in [-0.39, 0.29) is 18.3 Å². The van der Waals surface area contributed by atoms with Crippen LogP contribution in [0, 0.1) is 0 Å². The Kier molecular flexibility index (Phi) is 8.02. The summed E-state index contributed by atoms with van der Waals surface area (Å²) in [6.07, 6.45) is -0.558. The summed E-state index contributed by atoms with van der Waals surface area (Å²) in [5, 5.41) is 2.76. The third-order valence-corrected chi connectivity index (χ3v) is 4.64. The molecule has 0 saturated heterocycles. The molecule has 0 spiro atoms. The van der Waals surface area contributed by atoms with Crippen LogP contribution >= 0.6 is 11.8 Å². The van der Waals surface area contributed by atoms with Crippen molar-refractivity contribution in [3.8, 4) is 5.75 Å². The van der Waals surface area contributed by atoms with E-state index in [1.807, 2.05) is 54.6 Å². The van der Waals surface area contributed by atoms with Gasteiger partial charge in [0.1, 0.15) is 5.75 Å². The molecule has 5 nitrogen and oxygen atoms in total. The van der Waals surface area contributed by atoms with Gasteiger partial charge in [0.15, 0.2) is 6.10 Å². The highest BCUT2D eigenvalue weighted by atomic mass is 32.2. The van der Waals surface area contributed by atoms with Gasteiger partial charge in [-0.05, 0) is 36.8 Å². The molecule has 138 valence electrons. The van der Waals surface area contributed by atoms with Crippen molar-refractivity contribution in [2.45, 2.75) is 30.9 Å². The highest BCUT2D eigenvalue weighted by Crippen LogP contribution is 2.18. The van der Waals surface area contributed by atoms with Gasteiger partial charge < -0.3 is 14.8 Å². The number of rotatable bonds is 9. The number of carbonyl (C=O) groups excluding carboxylic acids is 2. The van der Waals surface area contributed by atoms with Crippen molar-refractivity contribution in [3.63, 3.8) is 0 Å². The monoisotopic (exact) mass is 373 g/mol. The molecule has 1 N–H and O–H groups in total. The Morgan fingerprint density at radius 2 is 1.77 bits per heavy atom. The first-order valence-electron chi connectivity index (χ1n) is 8.36. The predicted molar refractivity (Wildman–Crippen MR) is 102 cm³/mol. The fourth-order valence-electron chi connectivity index (χ4n) is 2.15. The predicted octanol–water partition coefficient (Wildman–Crippen LogP) is 3.43. The summed E-state index contributed by atoms with van der Waals surface area (Å²) in [5.41, 5.74) is 0.942. The number of benzene rings is 2. The average Bonchev–Trinajstić information content (AvgIpc) is 2.67. The summed E-state index contributed by atoms with van der Waals surface area (Å²) in [6, 6.07) is 17.2. The highest BCUT2D eigenvalue weighted by molar-refractivity contribution is 7.99. The molecule has 26 heavy (non-hydrogen) atoms. The van der Waals surface area contributed by atoms with Gasteiger partial charge in [-0.1, -0.05) is 30.3 Å². The van der Waals surface area contributed by atoms with Crippen molar-refractivity contribution >= 4 is 23.6 Å². The lowest BCUT2D eigenvalue weighted by Gasteiger charge is -2.13. The molecule has 0 saturated carbocycles. The van der Waals surface area contributed by atoms with Crippen molar-refractivity contribution in [2.24, 2.45) is 0 Å². The quantitative estimate of drug-likeness (QED) is 0.539. The normalized spacial score (nSPS) is 11.5. The fourth-order valence-corrected chi connectivity index (χ4v) is 3.01. The summed E-state index contributed by atoms with van der Waals surface area (Å²) in [4.78, 5) is 25.0. The SMILES string of the molecule is COc1ccc(CNC(=O)[C@@H](C)OC(=O)CCSc2ccccc2)cc1. The zero-order valence-electron chi connectivity index (χ0n) is 14.9. The number of hydrogen-bond acceptors (Lipinski definition) is 5. The second-order valence-electron chi connectivity index (χ2n) is 5.61. The molecule has 0 aromatic heterocycles. The van der Waals surface area contributed by atoms with E-state index in [1.165, 1.54) is 0 Å². The minimum atomic E-state index is -0.817. The van der Waals surface area contributed by atoms with E-state index < -0.39 is 6.10 Å². The van der Waals surface area contributed by atoms with Gasteiger partial charge in [-0.25, -0.2) is 0 Å². The van der Waals surface area contributed by atoms with Gasteiger partial charge in [-0.15, -0.1) is 11.8 Å². The molecule has 1 atom stereocenters. The Bertz CT molecular complexity index is 704. The third kappa shape index (κ3) is 6.80. The van der Waals surface area contributed by atoms with Crippen LogP contribution in [-0.4, -0.2) is 30.8 Å². The molecule has 2 aromatic carbocycles. The number of carbonyl (C=O) groups is 2. The summed E-state index contributed by atoms with van der Waals surface area (Å²) >= 11 is 1.58. The van der Waals surface area contributed by atoms with Crippen LogP contribution in [0.4, 0.5) is 0 Å². The summed E-state index contributed by atoms with van der Waals surface area (Å²) < 4.78 is 10.3. The Labute approximate surface area is 158 Å². The molecule has 6 heteroatoms. The van der Waals surface area contributed by atoms with Crippen LogP contribution in [-0.2, 0) is 20.9 Å². The van der Waals surface area contributed by atoms with Crippen molar-refractivity contribution in [3.05, 3.63) is 60.2 Å². The molecule has 0 heterocycles. The van der Waals surface area contributed by atoms with Crippen LogP contribution in [0.15, 0.2) is 59.5 Å². The van der Waals surface area contributed by atoms with Crippen molar-refractivity contribution in [1.29, 1.82) is 0 Å². The van der Waals surface area contributed by atoms with Crippen LogP contribution in [0.1, 0.15) is 18.9 Å². The van der Waals surface area contributed by atoms with E-state index >= 15 is 0 Å². The summed E-state index contributed by atoms with van der Waals surface area (Å²) in [6.45, 7) is 1.94. The van der Waals surface area contributed by atoms with E-state index in [2.05, 4.69) is 5.32 Å². The largest absolute Gasteiger partial charge is 0.497 e. The molecule has 2 rings (SSSR count). The van der Waals surface area contributed by atoms with Crippen LogP contribution in [0.2, 0.25) is 0 Å². The average molecular weight is 373 g/mol. The van der Waals surface area contributed by atoms with Gasteiger partial charge >= 0.3 is 5.97 Å². The lowest BCUT2D eigenvalue weighted by Crippen LogP contribution is -2.35. The van der Waals surface area contributed by atoms with Gasteiger partial charge in [0.25, 0.3) is 5.91 Å². The smallest absolute Gasteiger partial charge is 0.307 e. The molecule has 0 bridgehead atoms. The summed E-state index contributed by atoms with van der Waals surface area (Å²) in [7, 11) is 1.60. The van der Waals surface area contributed by atoms with Crippen LogP contribution in [0.3, 0.4) is 0 Å². The van der Waals surface area contributed by atoms with Gasteiger partial charge in [0.05, 0.1) is 13.5 Å². The maximum atomic E-state index is 12.1. The first kappa shape index (κ1) is 19.8. The molecule has 0 aliphatic carbocycles. The fraction of sp³-hybridized carbons (Fsp3) is 0.300. The van der Waals surface area contributed by atoms with Crippen LogP contribution < -0.4 is 10.1 Å². The van der Waals surface area contributed by atoms with Crippen molar-refractivity contribution < 1.29 is 19.1 Å². The molecule has 0 aliphatic rings. The van der Waals surface area contributed by atoms with Crippen LogP contribution in [0.5, 0.6) is 5.75 Å². The van der Waals surface area contributed by atoms with E-state index in [1.54, 1.807) is 25.8 Å². The van der Waals surface area contributed by atoms with Gasteiger partial charge in [-0.3, -0.25) is 9.59 Å². The third-order valence-electron chi connectivity index (χ3n) is 3.62. The van der Waals surface area contributed by atoms with Crippen LogP contribution in [0.25, 0.3) is 0 Å². The first-order valence-corrected chi connectivity index (χ1v) is 9.35. The maximum Gasteiger partial charge on any atom is 0.307 e. The topological polar surface area (TPSA) is 64.6 Å². The molecule has 0 aliphatic heterocycles. The van der Waals surface area contributed by atoms with Crippen molar-refractivity contribution in [1.82, 2.24) is 5.32 Å². The summed E-state index contributed by atoms with van der Waals surface area (Å²) in [5.74, 6) is 0.685. The second-order valence-corrected chi connectivity index (χ2v) is 6.78. The van der Waals surface area contributed by atoms with Crippen molar-refractivity contribution in [2.75, 3.05) is 12.9 Å². The van der Waals surface area contributed by atoms with E-state index in [4.69, 9.17) is 9.47 Å². The molecular weight excluding hydrogens is 350 g/mol. The van der Waals surface area contributed by atoms with Gasteiger partial charge in [0, 0.05) is 17.2 Å². The number of thioether (sulfide) groups is 1. The molecular formula is C20H23NO4S. The highest BCUT2D eigenvalue weighted by Gasteiger charge is 2.17.